The highest BCUT2D eigenvalue weighted by atomic mass is 32.2. The van der Waals surface area contributed by atoms with Crippen molar-refractivity contribution in [2.45, 2.75) is 19.9 Å². The van der Waals surface area contributed by atoms with Gasteiger partial charge in [0.25, 0.3) is 11.5 Å². The molecule has 150 valence electrons. The summed E-state index contributed by atoms with van der Waals surface area (Å²) in [6.45, 7) is 4.70. The van der Waals surface area contributed by atoms with Crippen molar-refractivity contribution in [2.75, 3.05) is 32.4 Å². The molecule has 1 amide bonds. The zero-order chi connectivity index (χ0) is 20.5. The normalized spacial score (nSPS) is 16.8. The van der Waals surface area contributed by atoms with E-state index >= 15 is 0 Å². The SMILES string of the molecule is Cc1ccn(C(C)c2ccccc2)c(=O)c1C(=O)N1CCN(S(C)(=O)=O)CC1. The van der Waals surface area contributed by atoms with E-state index in [-0.39, 0.29) is 49.3 Å². The zero-order valence-electron chi connectivity index (χ0n) is 16.3. The van der Waals surface area contributed by atoms with Crippen molar-refractivity contribution in [3.05, 3.63) is 69.6 Å². The Balaban J connectivity index is 1.88. The maximum absolute atomic E-state index is 13.1. The van der Waals surface area contributed by atoms with Gasteiger partial charge in [0.2, 0.25) is 10.0 Å². The van der Waals surface area contributed by atoms with Crippen molar-refractivity contribution in [3.63, 3.8) is 0 Å². The summed E-state index contributed by atoms with van der Waals surface area (Å²) < 4.78 is 26.3. The van der Waals surface area contributed by atoms with Crippen LogP contribution in [-0.4, -0.2) is 60.5 Å². The molecular weight excluding hydrogens is 378 g/mol. The van der Waals surface area contributed by atoms with Gasteiger partial charge in [0.15, 0.2) is 0 Å². The molecule has 1 aliphatic rings. The summed E-state index contributed by atoms with van der Waals surface area (Å²) >= 11 is 0. The quantitative estimate of drug-likeness (QED) is 0.775. The highest BCUT2D eigenvalue weighted by Gasteiger charge is 2.29. The van der Waals surface area contributed by atoms with Crippen molar-refractivity contribution < 1.29 is 13.2 Å². The second-order valence-electron chi connectivity index (χ2n) is 7.13. The molecule has 1 aromatic heterocycles. The summed E-state index contributed by atoms with van der Waals surface area (Å²) in [4.78, 5) is 27.7. The molecule has 0 radical (unpaired) electrons. The fourth-order valence-corrected chi connectivity index (χ4v) is 4.31. The second kappa shape index (κ2) is 7.89. The number of hydrogen-bond acceptors (Lipinski definition) is 4. The van der Waals surface area contributed by atoms with Crippen LogP contribution < -0.4 is 5.56 Å². The molecule has 1 aromatic carbocycles. The molecule has 1 saturated heterocycles. The number of pyridine rings is 1. The topological polar surface area (TPSA) is 79.7 Å². The molecule has 1 fully saturated rings. The molecule has 1 atom stereocenters. The number of piperazine rings is 1. The summed E-state index contributed by atoms with van der Waals surface area (Å²) in [6, 6.07) is 11.2. The minimum absolute atomic E-state index is 0.151. The molecule has 0 bridgehead atoms. The number of rotatable bonds is 4. The van der Waals surface area contributed by atoms with Gasteiger partial charge in [0.1, 0.15) is 5.56 Å². The van der Waals surface area contributed by atoms with Gasteiger partial charge in [-0.3, -0.25) is 9.59 Å². The van der Waals surface area contributed by atoms with Crippen molar-refractivity contribution in [1.82, 2.24) is 13.8 Å². The molecule has 7 nitrogen and oxygen atoms in total. The van der Waals surface area contributed by atoms with Crippen LogP contribution in [-0.2, 0) is 10.0 Å². The van der Waals surface area contributed by atoms with Crippen LogP contribution >= 0.6 is 0 Å². The van der Waals surface area contributed by atoms with E-state index in [0.29, 0.717) is 5.56 Å². The van der Waals surface area contributed by atoms with Gasteiger partial charge in [-0.25, -0.2) is 8.42 Å². The Kier molecular flexibility index (Phi) is 5.71. The highest BCUT2D eigenvalue weighted by Crippen LogP contribution is 2.17. The smallest absolute Gasteiger partial charge is 0.264 e. The lowest BCUT2D eigenvalue weighted by Crippen LogP contribution is -2.51. The van der Waals surface area contributed by atoms with E-state index in [1.165, 1.54) is 4.31 Å². The predicted octanol–water partition coefficient (Wildman–Crippen LogP) is 1.48. The molecule has 1 unspecified atom stereocenters. The number of carbonyl (C=O) groups is 1. The maximum atomic E-state index is 13.1. The first kappa shape index (κ1) is 20.3. The van der Waals surface area contributed by atoms with Crippen molar-refractivity contribution >= 4 is 15.9 Å². The molecule has 1 aliphatic heterocycles. The van der Waals surface area contributed by atoms with Gasteiger partial charge in [-0.2, -0.15) is 4.31 Å². The molecule has 0 N–H and O–H groups in total. The molecule has 28 heavy (non-hydrogen) atoms. The molecule has 0 spiro atoms. The average Bonchev–Trinajstić information content (AvgIpc) is 2.67. The lowest BCUT2D eigenvalue weighted by atomic mass is 10.1. The molecular formula is C20H25N3O4S. The summed E-state index contributed by atoms with van der Waals surface area (Å²) in [5.41, 5.74) is 1.43. The number of aromatic nitrogens is 1. The van der Waals surface area contributed by atoms with E-state index in [0.717, 1.165) is 11.8 Å². The maximum Gasteiger partial charge on any atom is 0.264 e. The first-order valence-electron chi connectivity index (χ1n) is 9.21. The van der Waals surface area contributed by atoms with E-state index in [1.807, 2.05) is 37.3 Å². The van der Waals surface area contributed by atoms with Crippen LogP contribution in [0.25, 0.3) is 0 Å². The minimum Gasteiger partial charge on any atom is -0.336 e. The average molecular weight is 404 g/mol. The Bertz CT molecular complexity index is 1020. The lowest BCUT2D eigenvalue weighted by Gasteiger charge is -2.33. The fraction of sp³-hybridized carbons (Fsp3) is 0.400. The van der Waals surface area contributed by atoms with E-state index in [2.05, 4.69) is 0 Å². The number of aryl methyl sites for hydroxylation is 1. The van der Waals surface area contributed by atoms with Crippen molar-refractivity contribution in [2.24, 2.45) is 0 Å². The van der Waals surface area contributed by atoms with Gasteiger partial charge in [-0.05, 0) is 31.0 Å². The Morgan fingerprint density at radius 3 is 2.21 bits per heavy atom. The Morgan fingerprint density at radius 1 is 1.04 bits per heavy atom. The van der Waals surface area contributed by atoms with Gasteiger partial charge in [0, 0.05) is 32.4 Å². The first-order valence-corrected chi connectivity index (χ1v) is 11.1. The number of amides is 1. The van der Waals surface area contributed by atoms with Crippen LogP contribution in [0.4, 0.5) is 0 Å². The van der Waals surface area contributed by atoms with Gasteiger partial charge < -0.3 is 9.47 Å². The largest absolute Gasteiger partial charge is 0.336 e. The molecule has 0 saturated carbocycles. The standard InChI is InChI=1S/C20H25N3O4S/c1-15-9-10-23(16(2)17-7-5-4-6-8-17)20(25)18(15)19(24)21-11-13-22(14-12-21)28(3,26)27/h4-10,16H,11-14H2,1-3H3. The molecule has 2 heterocycles. The Morgan fingerprint density at radius 2 is 1.64 bits per heavy atom. The monoisotopic (exact) mass is 403 g/mol. The van der Waals surface area contributed by atoms with Crippen molar-refractivity contribution in [1.29, 1.82) is 0 Å². The van der Waals surface area contributed by atoms with Gasteiger partial charge in [-0.1, -0.05) is 30.3 Å². The van der Waals surface area contributed by atoms with E-state index in [1.54, 1.807) is 28.7 Å². The Labute approximate surface area is 165 Å². The third kappa shape index (κ3) is 4.02. The summed E-state index contributed by atoms with van der Waals surface area (Å²) in [5, 5.41) is 0. The number of carbonyl (C=O) groups excluding carboxylic acids is 1. The number of benzene rings is 1. The third-order valence-electron chi connectivity index (χ3n) is 5.24. The summed E-state index contributed by atoms with van der Waals surface area (Å²) in [5.74, 6) is -0.342. The van der Waals surface area contributed by atoms with E-state index < -0.39 is 10.0 Å². The van der Waals surface area contributed by atoms with Crippen LogP contribution in [0.15, 0.2) is 47.4 Å². The summed E-state index contributed by atoms with van der Waals surface area (Å²) in [6.07, 6.45) is 2.88. The van der Waals surface area contributed by atoms with E-state index in [9.17, 15) is 18.0 Å². The van der Waals surface area contributed by atoms with Crippen LogP contribution in [0.2, 0.25) is 0 Å². The molecule has 0 aliphatic carbocycles. The highest BCUT2D eigenvalue weighted by molar-refractivity contribution is 7.88. The van der Waals surface area contributed by atoms with E-state index in [4.69, 9.17) is 0 Å². The Hall–Kier alpha value is -2.45. The number of nitrogens with zero attached hydrogens (tertiary/aromatic N) is 3. The lowest BCUT2D eigenvalue weighted by molar-refractivity contribution is 0.0695. The molecule has 3 rings (SSSR count). The minimum atomic E-state index is -3.28. The summed E-state index contributed by atoms with van der Waals surface area (Å²) in [7, 11) is -3.28. The van der Waals surface area contributed by atoms with Crippen molar-refractivity contribution in [3.8, 4) is 0 Å². The molecule has 8 heteroatoms. The van der Waals surface area contributed by atoms with Crippen LogP contribution in [0, 0.1) is 6.92 Å². The third-order valence-corrected chi connectivity index (χ3v) is 6.54. The van der Waals surface area contributed by atoms with Crippen LogP contribution in [0.3, 0.4) is 0 Å². The van der Waals surface area contributed by atoms with Gasteiger partial charge >= 0.3 is 0 Å². The molecule has 2 aromatic rings. The van der Waals surface area contributed by atoms with Gasteiger partial charge in [0.05, 0.1) is 12.3 Å². The fourth-order valence-electron chi connectivity index (χ4n) is 3.48. The first-order chi connectivity index (χ1) is 13.2. The van der Waals surface area contributed by atoms with Gasteiger partial charge in [-0.15, -0.1) is 0 Å². The number of hydrogen-bond donors (Lipinski definition) is 0. The second-order valence-corrected chi connectivity index (χ2v) is 9.11. The van der Waals surface area contributed by atoms with Crippen LogP contribution in [0.5, 0.6) is 0 Å². The number of sulfonamides is 1. The predicted molar refractivity (Wildman–Crippen MR) is 108 cm³/mol. The zero-order valence-corrected chi connectivity index (χ0v) is 17.1. The van der Waals surface area contributed by atoms with Crippen LogP contribution in [0.1, 0.15) is 34.5 Å².